The average Bonchev–Trinajstić information content (AvgIpc) is 3.49. The maximum absolute atomic E-state index is 14.2. The van der Waals surface area contributed by atoms with E-state index in [1.54, 1.807) is 0 Å². The molecule has 0 spiro atoms. The van der Waals surface area contributed by atoms with Crippen molar-refractivity contribution in [3.8, 4) is 67.5 Å². The number of alkyl halides is 18. The van der Waals surface area contributed by atoms with Crippen molar-refractivity contribution in [2.75, 3.05) is 0 Å². The maximum atomic E-state index is 14.2. The number of hydrogen-bond acceptors (Lipinski definition) is 6. The molecular formula is C54H24F18N6. The third-order valence-electron chi connectivity index (χ3n) is 12.2. The van der Waals surface area contributed by atoms with Gasteiger partial charge in [-0.25, -0.2) is 29.9 Å². The van der Waals surface area contributed by atoms with Crippen molar-refractivity contribution in [2.24, 2.45) is 0 Å². The van der Waals surface area contributed by atoms with Gasteiger partial charge in [-0.05, 0) is 109 Å². The highest BCUT2D eigenvalue weighted by Crippen LogP contribution is 2.44. The molecule has 0 aliphatic carbocycles. The second-order valence-electron chi connectivity index (χ2n) is 17.4. The highest BCUT2D eigenvalue weighted by Gasteiger charge is 2.36. The van der Waals surface area contributed by atoms with E-state index in [4.69, 9.17) is 0 Å². The number of halogens is 18. The normalized spacial score (nSPS) is 13.0. The van der Waals surface area contributed by atoms with E-state index >= 15 is 0 Å². The maximum Gasteiger partial charge on any atom is 0.416 e. The van der Waals surface area contributed by atoms with E-state index in [1.807, 2.05) is 0 Å². The lowest BCUT2D eigenvalue weighted by atomic mass is 9.93. The first kappa shape index (κ1) is 52.7. The van der Waals surface area contributed by atoms with Gasteiger partial charge < -0.3 is 0 Å². The van der Waals surface area contributed by atoms with Crippen LogP contribution in [0.25, 0.3) is 101 Å². The summed E-state index contributed by atoms with van der Waals surface area (Å²) in [6, 6.07) is 19.8. The van der Waals surface area contributed by atoms with E-state index in [-0.39, 0.29) is 67.0 Å². The van der Waals surface area contributed by atoms with Crippen LogP contribution < -0.4 is 0 Å². The molecular weight excluding hydrogens is 1070 g/mol. The first-order chi connectivity index (χ1) is 36.4. The Hall–Kier alpha value is -8.70. The molecule has 396 valence electrons. The van der Waals surface area contributed by atoms with Crippen LogP contribution in [0.5, 0.6) is 0 Å². The van der Waals surface area contributed by atoms with Gasteiger partial charge >= 0.3 is 37.1 Å². The molecule has 10 rings (SSSR count). The lowest BCUT2D eigenvalue weighted by molar-refractivity contribution is -0.138. The van der Waals surface area contributed by atoms with Crippen molar-refractivity contribution in [1.29, 1.82) is 0 Å². The van der Waals surface area contributed by atoms with Gasteiger partial charge in [0.25, 0.3) is 0 Å². The predicted octanol–water partition coefficient (Wildman–Crippen LogP) is 17.6. The minimum Gasteiger partial charge on any atom is -0.244 e. The molecule has 0 amide bonds. The van der Waals surface area contributed by atoms with Crippen LogP contribution in [-0.4, -0.2) is 29.9 Å². The summed E-state index contributed by atoms with van der Waals surface area (Å²) in [6.07, 6.45) is -29.5. The fourth-order valence-electron chi connectivity index (χ4n) is 8.39. The monoisotopic (exact) mass is 1100 g/mol. The van der Waals surface area contributed by atoms with Gasteiger partial charge in [0.1, 0.15) is 0 Å². The number of benzene rings is 7. The van der Waals surface area contributed by atoms with Crippen molar-refractivity contribution < 1.29 is 79.0 Å². The highest BCUT2D eigenvalue weighted by molar-refractivity contribution is 5.95. The zero-order valence-electron chi connectivity index (χ0n) is 38.3. The van der Waals surface area contributed by atoms with Crippen molar-refractivity contribution in [2.45, 2.75) is 37.1 Å². The van der Waals surface area contributed by atoms with E-state index in [9.17, 15) is 79.0 Å². The van der Waals surface area contributed by atoms with Crippen LogP contribution in [0.1, 0.15) is 33.4 Å². The standard InChI is InChI=1S/C54H24F18N6/c55-49(56,57)31-7-1-25(2-8-31)43-46(76-40-22-34(52(64,65)66)13-16-37(40)73-43)28-19-29(47-44(26-3-9-32(10-4-26)50(58,59)60)74-38-17-14-35(53(67,68)69)23-41(38)77-47)21-30(20-28)48-45(27-5-11-33(12-6-27)51(61,62)63)75-39-18-15-36(54(70,71)72)24-42(39)78-48/h1-24H. The molecule has 0 fully saturated rings. The summed E-state index contributed by atoms with van der Waals surface area (Å²) >= 11 is 0. The second kappa shape index (κ2) is 18.5. The zero-order chi connectivity index (χ0) is 56.1. The lowest BCUT2D eigenvalue weighted by Crippen LogP contribution is -2.06. The fraction of sp³-hybridized carbons (Fsp3) is 0.111. The van der Waals surface area contributed by atoms with Crippen LogP contribution in [0.2, 0.25) is 0 Å². The molecule has 0 atom stereocenters. The molecule has 0 unspecified atom stereocenters. The molecule has 0 saturated carbocycles. The van der Waals surface area contributed by atoms with Crippen LogP contribution in [0, 0.1) is 0 Å². The van der Waals surface area contributed by atoms with Crippen molar-refractivity contribution in [3.63, 3.8) is 0 Å². The quantitative estimate of drug-likeness (QED) is 0.154. The molecule has 0 saturated heterocycles. The Labute approximate surface area is 424 Å². The molecule has 0 radical (unpaired) electrons. The van der Waals surface area contributed by atoms with Crippen LogP contribution in [0.15, 0.2) is 146 Å². The lowest BCUT2D eigenvalue weighted by Gasteiger charge is -2.18. The summed E-state index contributed by atoms with van der Waals surface area (Å²) in [5.41, 5.74) is -12.7. The number of fused-ring (bicyclic) bond motifs is 3. The van der Waals surface area contributed by atoms with Gasteiger partial charge in [0.2, 0.25) is 0 Å². The third-order valence-corrected chi connectivity index (χ3v) is 12.2. The summed E-state index contributed by atoms with van der Waals surface area (Å²) in [5.74, 6) is 0. The Morgan fingerprint density at radius 2 is 0.359 bits per heavy atom. The number of rotatable bonds is 6. The van der Waals surface area contributed by atoms with E-state index in [0.29, 0.717) is 72.8 Å². The van der Waals surface area contributed by atoms with E-state index in [2.05, 4.69) is 29.9 Å². The Kier molecular flexibility index (Phi) is 12.5. The van der Waals surface area contributed by atoms with Crippen LogP contribution in [0.4, 0.5) is 79.0 Å². The summed E-state index contributed by atoms with van der Waals surface area (Å²) in [4.78, 5) is 27.1. The van der Waals surface area contributed by atoms with Crippen molar-refractivity contribution in [3.05, 3.63) is 179 Å². The number of hydrogen-bond donors (Lipinski definition) is 0. The van der Waals surface area contributed by atoms with Gasteiger partial charge in [0.05, 0.1) is 101 Å². The Balaban J connectivity index is 1.35. The fourth-order valence-corrected chi connectivity index (χ4v) is 8.39. The first-order valence-corrected chi connectivity index (χ1v) is 22.2. The van der Waals surface area contributed by atoms with Gasteiger partial charge in [-0.1, -0.05) is 36.4 Å². The van der Waals surface area contributed by atoms with Crippen molar-refractivity contribution in [1.82, 2.24) is 29.9 Å². The SMILES string of the molecule is FC(F)(F)c1ccc(-c2nc3ccc(C(F)(F)F)cc3nc2-c2cc(-c3nc4cc(C(F)(F)F)ccc4nc3-c3ccc(C(F)(F)F)cc3)cc(-c3nc4cc(C(F)(F)F)ccc4nc3-c3ccc(C(F)(F)F)cc3)c2)cc1. The van der Waals surface area contributed by atoms with Gasteiger partial charge in [-0.2, -0.15) is 79.0 Å². The molecule has 0 aliphatic heterocycles. The molecule has 3 aromatic heterocycles. The number of nitrogens with zero attached hydrogens (tertiary/aromatic N) is 6. The van der Waals surface area contributed by atoms with Crippen LogP contribution in [-0.2, 0) is 37.1 Å². The Morgan fingerprint density at radius 1 is 0.179 bits per heavy atom. The molecule has 0 bridgehead atoms. The van der Waals surface area contributed by atoms with Gasteiger partial charge in [-0.3, -0.25) is 0 Å². The molecule has 0 aliphatic rings. The summed E-state index contributed by atoms with van der Waals surface area (Å²) in [6.45, 7) is 0. The Bertz CT molecular complexity index is 3550. The Morgan fingerprint density at radius 3 is 0.564 bits per heavy atom. The predicted molar refractivity (Wildman–Crippen MR) is 248 cm³/mol. The molecule has 7 aromatic carbocycles. The minimum absolute atomic E-state index is 0.134. The first-order valence-electron chi connectivity index (χ1n) is 22.2. The second-order valence-corrected chi connectivity index (χ2v) is 17.4. The van der Waals surface area contributed by atoms with Crippen molar-refractivity contribution >= 4 is 33.1 Å². The largest absolute Gasteiger partial charge is 0.416 e. The molecule has 6 nitrogen and oxygen atoms in total. The summed E-state index contributed by atoms with van der Waals surface area (Å²) in [5, 5.41) is 0. The van der Waals surface area contributed by atoms with Gasteiger partial charge in [-0.15, -0.1) is 0 Å². The minimum atomic E-state index is -4.97. The molecule has 78 heavy (non-hydrogen) atoms. The molecule has 0 N–H and O–H groups in total. The average molecular weight is 1100 g/mol. The third kappa shape index (κ3) is 10.4. The number of aromatic nitrogens is 6. The van der Waals surface area contributed by atoms with E-state index in [0.717, 1.165) is 54.6 Å². The summed E-state index contributed by atoms with van der Waals surface area (Å²) in [7, 11) is 0. The summed E-state index contributed by atoms with van der Waals surface area (Å²) < 4.78 is 253. The zero-order valence-corrected chi connectivity index (χ0v) is 38.3. The molecule has 3 heterocycles. The molecule has 24 heteroatoms. The van der Waals surface area contributed by atoms with Crippen LogP contribution >= 0.6 is 0 Å². The van der Waals surface area contributed by atoms with Gasteiger partial charge in [0, 0.05) is 33.4 Å². The molecule has 10 aromatic rings. The van der Waals surface area contributed by atoms with Crippen LogP contribution in [0.3, 0.4) is 0 Å². The topological polar surface area (TPSA) is 77.3 Å². The van der Waals surface area contributed by atoms with E-state index < -0.39 is 104 Å². The highest BCUT2D eigenvalue weighted by atomic mass is 19.4. The van der Waals surface area contributed by atoms with Gasteiger partial charge in [0.15, 0.2) is 0 Å². The van der Waals surface area contributed by atoms with E-state index in [1.165, 1.54) is 18.2 Å². The smallest absolute Gasteiger partial charge is 0.244 e.